The lowest BCUT2D eigenvalue weighted by atomic mass is 10.0. The molecule has 0 aliphatic rings. The van der Waals surface area contributed by atoms with Gasteiger partial charge < -0.3 is 23.7 Å². The number of ether oxygens (including phenoxy) is 1. The standard InChI is InChI=1S/C27H58NO5P/c1-5-6-7-8-9-10-11-12-13-14-15-16-17-18-19-20-23-32-25-27(29)26-33-34(30,31)24-21-22-28(2,3)4/h27,29H,5-26H2,1-4H3/p+1/t27-/m1/s1. The summed E-state index contributed by atoms with van der Waals surface area (Å²) in [4.78, 5) is 9.86. The number of nitrogens with zero attached hydrogens (tertiary/aromatic N) is 1. The second kappa shape index (κ2) is 22.2. The molecule has 0 aliphatic heterocycles. The zero-order chi connectivity index (χ0) is 25.5. The highest BCUT2D eigenvalue weighted by molar-refractivity contribution is 7.52. The molecule has 1 unspecified atom stereocenters. The summed E-state index contributed by atoms with van der Waals surface area (Å²) in [6.45, 7) is 3.69. The Hall–Kier alpha value is 0.0300. The minimum absolute atomic E-state index is 0.120. The van der Waals surface area contributed by atoms with Gasteiger partial charge in [0.25, 0.3) is 0 Å². The summed E-state index contributed by atoms with van der Waals surface area (Å²) in [6, 6.07) is 0. The fourth-order valence-corrected chi connectivity index (χ4v) is 5.11. The van der Waals surface area contributed by atoms with Gasteiger partial charge in [0, 0.05) is 13.0 Å². The van der Waals surface area contributed by atoms with Crippen molar-refractivity contribution in [2.24, 2.45) is 0 Å². The summed E-state index contributed by atoms with van der Waals surface area (Å²) in [6.07, 6.45) is 21.3. The van der Waals surface area contributed by atoms with Crippen LogP contribution in [-0.4, -0.2) is 74.3 Å². The highest BCUT2D eigenvalue weighted by Crippen LogP contribution is 2.42. The molecule has 2 N–H and O–H groups in total. The lowest BCUT2D eigenvalue weighted by molar-refractivity contribution is -0.870. The third-order valence-electron chi connectivity index (χ3n) is 6.19. The van der Waals surface area contributed by atoms with Gasteiger partial charge in [0.2, 0.25) is 0 Å². The number of aliphatic hydroxyl groups is 1. The van der Waals surface area contributed by atoms with Gasteiger partial charge in [0.15, 0.2) is 0 Å². The first-order chi connectivity index (χ1) is 16.2. The molecule has 0 radical (unpaired) electrons. The number of quaternary nitrogens is 1. The van der Waals surface area contributed by atoms with Crippen LogP contribution in [0.1, 0.15) is 116 Å². The molecule has 206 valence electrons. The molecular weight excluding hydrogens is 449 g/mol. The molecule has 0 aliphatic carbocycles. The van der Waals surface area contributed by atoms with Crippen molar-refractivity contribution in [3.63, 3.8) is 0 Å². The maximum Gasteiger partial charge on any atom is 0.328 e. The van der Waals surface area contributed by atoms with Crippen molar-refractivity contribution < 1.29 is 28.3 Å². The molecule has 0 heterocycles. The van der Waals surface area contributed by atoms with Gasteiger partial charge in [-0.05, 0) is 6.42 Å². The summed E-state index contributed by atoms with van der Waals surface area (Å²) in [5.41, 5.74) is 0. The van der Waals surface area contributed by atoms with Crippen LogP contribution in [-0.2, 0) is 13.8 Å². The lowest BCUT2D eigenvalue weighted by Gasteiger charge is -2.24. The van der Waals surface area contributed by atoms with Gasteiger partial charge in [-0.3, -0.25) is 4.57 Å². The van der Waals surface area contributed by atoms with Gasteiger partial charge in [-0.15, -0.1) is 0 Å². The Morgan fingerprint density at radius 1 is 0.706 bits per heavy atom. The van der Waals surface area contributed by atoms with Crippen molar-refractivity contribution in [2.75, 3.05) is 53.7 Å². The smallest absolute Gasteiger partial charge is 0.328 e. The van der Waals surface area contributed by atoms with Crippen LogP contribution in [0.15, 0.2) is 0 Å². The van der Waals surface area contributed by atoms with E-state index in [2.05, 4.69) is 6.92 Å². The van der Waals surface area contributed by atoms with E-state index < -0.39 is 13.7 Å². The van der Waals surface area contributed by atoms with Crippen molar-refractivity contribution in [3.8, 4) is 0 Å². The zero-order valence-corrected chi connectivity index (χ0v) is 24.0. The van der Waals surface area contributed by atoms with E-state index in [1.54, 1.807) is 0 Å². The van der Waals surface area contributed by atoms with E-state index >= 15 is 0 Å². The highest BCUT2D eigenvalue weighted by Gasteiger charge is 2.22. The SMILES string of the molecule is CCCCCCCCCCCCCCCCCCOC[C@@H](O)COP(=O)(O)CCC[N+](C)(C)C. The molecule has 0 aromatic carbocycles. The predicted molar refractivity (Wildman–Crippen MR) is 145 cm³/mol. The van der Waals surface area contributed by atoms with Gasteiger partial charge in [0.05, 0.1) is 47.1 Å². The Kier molecular flexibility index (Phi) is 22.3. The van der Waals surface area contributed by atoms with Gasteiger partial charge in [0.1, 0.15) is 6.10 Å². The van der Waals surface area contributed by atoms with Crippen molar-refractivity contribution >= 4 is 7.60 Å². The molecule has 0 saturated heterocycles. The summed E-state index contributed by atoms with van der Waals surface area (Å²) < 4.78 is 23.3. The molecule has 34 heavy (non-hydrogen) atoms. The largest absolute Gasteiger partial charge is 0.388 e. The molecule has 0 bridgehead atoms. The summed E-state index contributed by atoms with van der Waals surface area (Å²) >= 11 is 0. The molecule has 0 rings (SSSR count). The van der Waals surface area contributed by atoms with Gasteiger partial charge in [-0.25, -0.2) is 0 Å². The van der Waals surface area contributed by atoms with Crippen molar-refractivity contribution in [1.29, 1.82) is 0 Å². The summed E-state index contributed by atoms with van der Waals surface area (Å²) in [7, 11) is 2.50. The zero-order valence-electron chi connectivity index (χ0n) is 23.1. The predicted octanol–water partition coefficient (Wildman–Crippen LogP) is 6.92. The monoisotopic (exact) mass is 508 g/mol. The Morgan fingerprint density at radius 3 is 1.59 bits per heavy atom. The molecule has 0 amide bonds. The van der Waals surface area contributed by atoms with Gasteiger partial charge in [-0.1, -0.05) is 103 Å². The topological polar surface area (TPSA) is 76.0 Å². The van der Waals surface area contributed by atoms with E-state index in [4.69, 9.17) is 9.26 Å². The molecule has 0 spiro atoms. The highest BCUT2D eigenvalue weighted by atomic mass is 31.2. The molecule has 2 atom stereocenters. The number of hydrogen-bond donors (Lipinski definition) is 2. The van der Waals surface area contributed by atoms with Crippen molar-refractivity contribution in [2.45, 2.75) is 122 Å². The van der Waals surface area contributed by atoms with Gasteiger partial charge >= 0.3 is 7.60 Å². The molecule has 0 fully saturated rings. The first-order valence-corrected chi connectivity index (χ1v) is 15.9. The molecular formula is C27H59NO5P+. The van der Waals surface area contributed by atoms with Crippen LogP contribution in [0, 0.1) is 0 Å². The second-order valence-electron chi connectivity index (χ2n) is 11.1. The Morgan fingerprint density at radius 2 is 1.15 bits per heavy atom. The fraction of sp³-hybridized carbons (Fsp3) is 1.00. The molecule has 0 aromatic heterocycles. The normalized spacial score (nSPS) is 14.9. The fourth-order valence-electron chi connectivity index (χ4n) is 4.03. The van der Waals surface area contributed by atoms with Crippen LogP contribution in [0.4, 0.5) is 0 Å². The van der Waals surface area contributed by atoms with Crippen molar-refractivity contribution in [3.05, 3.63) is 0 Å². The molecule has 7 heteroatoms. The van der Waals surface area contributed by atoms with Crippen molar-refractivity contribution in [1.82, 2.24) is 0 Å². The van der Waals surface area contributed by atoms with E-state index in [1.807, 2.05) is 21.1 Å². The van der Waals surface area contributed by atoms with E-state index in [9.17, 15) is 14.6 Å². The number of rotatable bonds is 26. The first-order valence-electron chi connectivity index (χ1n) is 14.2. The summed E-state index contributed by atoms with van der Waals surface area (Å²) in [5, 5.41) is 9.92. The minimum Gasteiger partial charge on any atom is -0.388 e. The number of unbranched alkanes of at least 4 members (excludes halogenated alkanes) is 15. The second-order valence-corrected chi connectivity index (χ2v) is 13.0. The van der Waals surface area contributed by atoms with Crippen LogP contribution in [0.3, 0.4) is 0 Å². The average Bonchev–Trinajstić information content (AvgIpc) is 2.76. The third-order valence-corrected chi connectivity index (χ3v) is 7.62. The van der Waals surface area contributed by atoms with Crippen LogP contribution >= 0.6 is 7.60 Å². The number of hydrogen-bond acceptors (Lipinski definition) is 4. The van der Waals surface area contributed by atoms with Gasteiger partial charge in [-0.2, -0.15) is 0 Å². The maximum atomic E-state index is 12.0. The molecule has 0 aromatic rings. The summed E-state index contributed by atoms with van der Waals surface area (Å²) in [5.74, 6) is 0. The quantitative estimate of drug-likeness (QED) is 0.0753. The Bertz CT molecular complexity index is 484. The van der Waals surface area contributed by atoms with Crippen LogP contribution in [0.2, 0.25) is 0 Å². The third kappa shape index (κ3) is 26.6. The van der Waals surface area contributed by atoms with E-state index in [0.717, 1.165) is 23.9 Å². The minimum atomic E-state index is -3.64. The van der Waals surface area contributed by atoms with Crippen LogP contribution < -0.4 is 0 Å². The number of aliphatic hydroxyl groups excluding tert-OH is 1. The average molecular weight is 509 g/mol. The lowest BCUT2D eigenvalue weighted by Crippen LogP contribution is -2.35. The van der Waals surface area contributed by atoms with Crippen LogP contribution in [0.5, 0.6) is 0 Å². The van der Waals surface area contributed by atoms with E-state index in [1.165, 1.54) is 89.9 Å². The van der Waals surface area contributed by atoms with E-state index in [-0.39, 0.29) is 19.4 Å². The Labute approximate surface area is 211 Å². The van der Waals surface area contributed by atoms with Crippen LogP contribution in [0.25, 0.3) is 0 Å². The first kappa shape index (κ1) is 34.0. The van der Waals surface area contributed by atoms with E-state index in [0.29, 0.717) is 13.0 Å². The maximum absolute atomic E-state index is 12.0. The molecule has 0 saturated carbocycles. The molecule has 6 nitrogen and oxygen atoms in total. The Balaban J connectivity index is 3.37.